The molecule has 0 N–H and O–H groups in total. The zero-order chi connectivity index (χ0) is 16.5. The highest BCUT2D eigenvalue weighted by Gasteiger charge is 2.35. The molecule has 1 nitrogen and oxygen atoms in total. The van der Waals surface area contributed by atoms with Crippen LogP contribution in [-0.2, 0) is 11.8 Å². The molecule has 24 heavy (non-hydrogen) atoms. The number of hydrogen-bond donors (Lipinski definition) is 0. The molecule has 0 saturated heterocycles. The van der Waals surface area contributed by atoms with Crippen LogP contribution < -0.4 is 0 Å². The average Bonchev–Trinajstić information content (AvgIpc) is 3.07. The van der Waals surface area contributed by atoms with Gasteiger partial charge in [-0.3, -0.25) is 0 Å². The summed E-state index contributed by atoms with van der Waals surface area (Å²) >= 11 is 0. The molecule has 0 aliphatic heterocycles. The Morgan fingerprint density at radius 1 is 0.833 bits per heavy atom. The van der Waals surface area contributed by atoms with Crippen molar-refractivity contribution in [2.75, 3.05) is 0 Å². The lowest BCUT2D eigenvalue weighted by molar-refractivity contribution is 0.647. The molecule has 0 saturated carbocycles. The highest BCUT2D eigenvalue weighted by atomic mass is 16.3. The van der Waals surface area contributed by atoms with Crippen LogP contribution >= 0.6 is 0 Å². The quantitative estimate of drug-likeness (QED) is 0.393. The van der Waals surface area contributed by atoms with E-state index in [0.29, 0.717) is 0 Å². The molecular weight excluding hydrogens is 292 g/mol. The van der Waals surface area contributed by atoms with Crippen molar-refractivity contribution in [3.05, 3.63) is 71.3 Å². The van der Waals surface area contributed by atoms with Gasteiger partial charge in [-0.15, -0.1) is 0 Å². The van der Waals surface area contributed by atoms with E-state index >= 15 is 0 Å². The Morgan fingerprint density at radius 3 is 2.50 bits per heavy atom. The molecule has 0 fully saturated rings. The highest BCUT2D eigenvalue weighted by Crippen LogP contribution is 2.50. The van der Waals surface area contributed by atoms with Crippen molar-refractivity contribution in [2.45, 2.75) is 32.6 Å². The zero-order valence-corrected chi connectivity index (χ0v) is 14.3. The van der Waals surface area contributed by atoms with Crippen LogP contribution in [0.4, 0.5) is 0 Å². The second kappa shape index (κ2) is 4.51. The Kier molecular flexibility index (Phi) is 2.60. The minimum Gasteiger partial charge on any atom is -0.456 e. The zero-order valence-electron chi connectivity index (χ0n) is 14.3. The number of furan rings is 1. The van der Waals surface area contributed by atoms with Crippen LogP contribution in [0.25, 0.3) is 33.1 Å². The van der Waals surface area contributed by atoms with E-state index in [1.807, 2.05) is 0 Å². The molecule has 0 bridgehead atoms. The average molecular weight is 312 g/mol. The lowest BCUT2D eigenvalue weighted by Gasteiger charge is -2.21. The molecule has 0 spiro atoms. The molecule has 5 rings (SSSR count). The molecule has 1 aliphatic rings. The minimum atomic E-state index is 0.0205. The summed E-state index contributed by atoms with van der Waals surface area (Å²) in [5.74, 6) is 0. The van der Waals surface area contributed by atoms with Crippen molar-refractivity contribution in [3.8, 4) is 11.1 Å². The van der Waals surface area contributed by atoms with Crippen LogP contribution in [0.3, 0.4) is 0 Å². The lowest BCUT2D eigenvalue weighted by atomic mass is 9.82. The second-order valence-electron chi connectivity index (χ2n) is 7.31. The van der Waals surface area contributed by atoms with Crippen molar-refractivity contribution in [1.29, 1.82) is 0 Å². The number of aryl methyl sites for hydroxylation is 1. The topological polar surface area (TPSA) is 13.1 Å². The first-order chi connectivity index (χ1) is 11.6. The smallest absolute Gasteiger partial charge is 0.135 e. The molecule has 1 aromatic heterocycles. The summed E-state index contributed by atoms with van der Waals surface area (Å²) in [6.07, 6.45) is 1.02. The van der Waals surface area contributed by atoms with Gasteiger partial charge in [-0.2, -0.15) is 0 Å². The third kappa shape index (κ3) is 1.60. The van der Waals surface area contributed by atoms with E-state index in [1.54, 1.807) is 0 Å². The maximum Gasteiger partial charge on any atom is 0.135 e. The molecular formula is C23H20O. The molecule has 1 aliphatic carbocycles. The molecule has 1 heterocycles. The van der Waals surface area contributed by atoms with E-state index in [4.69, 9.17) is 4.42 Å². The predicted octanol–water partition coefficient (Wildman–Crippen LogP) is 6.45. The Bertz CT molecular complexity index is 1110. The second-order valence-corrected chi connectivity index (χ2v) is 7.31. The third-order valence-corrected chi connectivity index (χ3v) is 5.67. The van der Waals surface area contributed by atoms with Gasteiger partial charge in [-0.05, 0) is 52.4 Å². The Morgan fingerprint density at radius 2 is 1.67 bits per heavy atom. The lowest BCUT2D eigenvalue weighted by Crippen LogP contribution is -2.14. The van der Waals surface area contributed by atoms with Gasteiger partial charge in [0.25, 0.3) is 0 Å². The summed E-state index contributed by atoms with van der Waals surface area (Å²) in [7, 11) is 0. The van der Waals surface area contributed by atoms with Crippen LogP contribution in [0.2, 0.25) is 0 Å². The molecule has 118 valence electrons. The van der Waals surface area contributed by atoms with Crippen LogP contribution in [0.15, 0.2) is 59.0 Å². The normalized spacial score (nSPS) is 15.0. The fourth-order valence-corrected chi connectivity index (χ4v) is 4.39. The largest absolute Gasteiger partial charge is 0.456 e. The van der Waals surface area contributed by atoms with Gasteiger partial charge in [0.1, 0.15) is 11.2 Å². The summed E-state index contributed by atoms with van der Waals surface area (Å²) in [6.45, 7) is 6.83. The molecule has 3 aromatic carbocycles. The SMILES string of the molecule is CCc1cccc2oc3cc4c(cc3c12)-c1ccccc1C4(C)C. The monoisotopic (exact) mass is 312 g/mol. The fraction of sp³-hybridized carbons (Fsp3) is 0.217. The van der Waals surface area contributed by atoms with Crippen molar-refractivity contribution >= 4 is 21.9 Å². The summed E-state index contributed by atoms with van der Waals surface area (Å²) < 4.78 is 6.21. The van der Waals surface area contributed by atoms with Crippen LogP contribution in [0.1, 0.15) is 37.5 Å². The molecule has 4 aromatic rings. The maximum atomic E-state index is 6.21. The van der Waals surface area contributed by atoms with Gasteiger partial charge in [0, 0.05) is 16.2 Å². The molecule has 0 unspecified atom stereocenters. The Labute approximate surface area is 141 Å². The van der Waals surface area contributed by atoms with Crippen LogP contribution in [0.5, 0.6) is 0 Å². The van der Waals surface area contributed by atoms with Crippen molar-refractivity contribution < 1.29 is 4.42 Å². The van der Waals surface area contributed by atoms with Crippen LogP contribution in [0, 0.1) is 0 Å². The van der Waals surface area contributed by atoms with Gasteiger partial charge in [0.05, 0.1) is 0 Å². The van der Waals surface area contributed by atoms with Crippen molar-refractivity contribution in [2.24, 2.45) is 0 Å². The number of hydrogen-bond acceptors (Lipinski definition) is 1. The first-order valence-corrected chi connectivity index (χ1v) is 8.69. The summed E-state index contributed by atoms with van der Waals surface area (Å²) in [5.41, 5.74) is 8.88. The molecule has 1 heteroatoms. The molecule has 0 radical (unpaired) electrons. The van der Waals surface area contributed by atoms with E-state index in [2.05, 4.69) is 75.4 Å². The van der Waals surface area contributed by atoms with E-state index in [1.165, 1.54) is 38.6 Å². The fourth-order valence-electron chi connectivity index (χ4n) is 4.39. The van der Waals surface area contributed by atoms with Gasteiger partial charge in [-0.25, -0.2) is 0 Å². The standard InChI is InChI=1S/C23H20O/c1-4-14-8-7-11-20-22(14)17-12-16-15-9-5-6-10-18(15)23(2,3)19(16)13-21(17)24-20/h5-13H,4H2,1-3H3. The van der Waals surface area contributed by atoms with Crippen molar-refractivity contribution in [1.82, 2.24) is 0 Å². The number of benzene rings is 3. The van der Waals surface area contributed by atoms with Crippen LogP contribution in [-0.4, -0.2) is 0 Å². The van der Waals surface area contributed by atoms with Gasteiger partial charge < -0.3 is 4.42 Å². The number of rotatable bonds is 1. The van der Waals surface area contributed by atoms with E-state index in [-0.39, 0.29) is 5.41 Å². The Hall–Kier alpha value is -2.54. The van der Waals surface area contributed by atoms with Gasteiger partial charge >= 0.3 is 0 Å². The molecule has 0 atom stereocenters. The highest BCUT2D eigenvalue weighted by molar-refractivity contribution is 6.09. The van der Waals surface area contributed by atoms with Crippen molar-refractivity contribution in [3.63, 3.8) is 0 Å². The minimum absolute atomic E-state index is 0.0205. The summed E-state index contributed by atoms with van der Waals surface area (Å²) in [6, 6.07) is 19.8. The summed E-state index contributed by atoms with van der Waals surface area (Å²) in [5, 5.41) is 2.52. The predicted molar refractivity (Wildman–Crippen MR) is 101 cm³/mol. The van der Waals surface area contributed by atoms with Gasteiger partial charge in [0.2, 0.25) is 0 Å². The Balaban J connectivity index is 1.94. The summed E-state index contributed by atoms with van der Waals surface area (Å²) in [4.78, 5) is 0. The first-order valence-electron chi connectivity index (χ1n) is 8.69. The number of fused-ring (bicyclic) bond motifs is 6. The van der Waals surface area contributed by atoms with E-state index < -0.39 is 0 Å². The third-order valence-electron chi connectivity index (χ3n) is 5.67. The van der Waals surface area contributed by atoms with Gasteiger partial charge in [-0.1, -0.05) is 57.2 Å². The van der Waals surface area contributed by atoms with Gasteiger partial charge in [0.15, 0.2) is 0 Å². The first kappa shape index (κ1) is 13.9. The molecule has 0 amide bonds. The maximum absolute atomic E-state index is 6.21. The van der Waals surface area contributed by atoms with E-state index in [0.717, 1.165) is 17.6 Å². The van der Waals surface area contributed by atoms with E-state index in [9.17, 15) is 0 Å².